The van der Waals surface area contributed by atoms with Crippen LogP contribution in [-0.2, 0) is 6.54 Å². The average Bonchev–Trinajstić information content (AvgIpc) is 3.20. The van der Waals surface area contributed by atoms with E-state index < -0.39 is 0 Å². The zero-order chi connectivity index (χ0) is 20.6. The molecular formula is C22H29FN4O2. The lowest BCUT2D eigenvalue weighted by Gasteiger charge is -2.22. The van der Waals surface area contributed by atoms with E-state index in [2.05, 4.69) is 26.6 Å². The number of para-hydroxylation sites is 2. The molecule has 0 saturated carbocycles. The monoisotopic (exact) mass is 400 g/mol. The highest BCUT2D eigenvalue weighted by Crippen LogP contribution is 2.30. The first-order chi connectivity index (χ1) is 14.1. The van der Waals surface area contributed by atoms with Gasteiger partial charge in [0.05, 0.1) is 26.5 Å². The quantitative estimate of drug-likeness (QED) is 0.552. The predicted molar refractivity (Wildman–Crippen MR) is 115 cm³/mol. The summed E-state index contributed by atoms with van der Waals surface area (Å²) in [5.74, 6) is 1.48. The second-order valence-electron chi connectivity index (χ2n) is 6.91. The molecular weight excluding hydrogens is 371 g/mol. The molecule has 6 nitrogen and oxygen atoms in total. The van der Waals surface area contributed by atoms with Crippen LogP contribution in [0.4, 0.5) is 10.1 Å². The van der Waals surface area contributed by atoms with E-state index in [1.807, 2.05) is 31.2 Å². The van der Waals surface area contributed by atoms with Crippen molar-refractivity contribution >= 4 is 11.6 Å². The van der Waals surface area contributed by atoms with Crippen molar-refractivity contribution in [2.45, 2.75) is 25.9 Å². The third kappa shape index (κ3) is 5.31. The molecule has 2 aromatic rings. The summed E-state index contributed by atoms with van der Waals surface area (Å²) >= 11 is 0. The van der Waals surface area contributed by atoms with E-state index >= 15 is 0 Å². The molecule has 1 fully saturated rings. The summed E-state index contributed by atoms with van der Waals surface area (Å²) in [6.45, 7) is 4.98. The number of anilines is 1. The van der Waals surface area contributed by atoms with Gasteiger partial charge in [-0.1, -0.05) is 18.2 Å². The minimum atomic E-state index is -0.374. The maximum absolute atomic E-state index is 13.9. The maximum Gasteiger partial charge on any atom is 0.191 e. The summed E-state index contributed by atoms with van der Waals surface area (Å²) in [6.07, 6.45) is 1.000. The fourth-order valence-electron chi connectivity index (χ4n) is 3.48. The SMILES string of the molecule is CCNC(=NCc1ccc(OC)c(F)c1)NC1CCN(c2ccccc2OC)C1. The number of hydrogen-bond acceptors (Lipinski definition) is 4. The maximum atomic E-state index is 13.9. The molecule has 0 aliphatic carbocycles. The molecule has 0 amide bonds. The molecule has 2 aromatic carbocycles. The molecule has 1 heterocycles. The number of hydrogen-bond donors (Lipinski definition) is 2. The number of benzene rings is 2. The Kier molecular flexibility index (Phi) is 7.16. The van der Waals surface area contributed by atoms with Gasteiger partial charge in [0.1, 0.15) is 5.75 Å². The number of nitrogens with one attached hydrogen (secondary N) is 2. The molecule has 0 aromatic heterocycles. The predicted octanol–water partition coefficient (Wildman–Crippen LogP) is 3.18. The van der Waals surface area contributed by atoms with Crippen LogP contribution >= 0.6 is 0 Å². The summed E-state index contributed by atoms with van der Waals surface area (Å²) in [5.41, 5.74) is 1.90. The van der Waals surface area contributed by atoms with Gasteiger partial charge in [-0.2, -0.15) is 0 Å². The van der Waals surface area contributed by atoms with Gasteiger partial charge in [-0.15, -0.1) is 0 Å². The zero-order valence-corrected chi connectivity index (χ0v) is 17.2. The van der Waals surface area contributed by atoms with Crippen molar-refractivity contribution in [3.63, 3.8) is 0 Å². The Hall–Kier alpha value is -2.96. The van der Waals surface area contributed by atoms with Crippen molar-refractivity contribution in [3.05, 3.63) is 53.8 Å². The Morgan fingerprint density at radius 3 is 2.69 bits per heavy atom. The molecule has 29 heavy (non-hydrogen) atoms. The number of guanidine groups is 1. The summed E-state index contributed by atoms with van der Waals surface area (Å²) in [4.78, 5) is 6.94. The first-order valence-electron chi connectivity index (χ1n) is 9.89. The Labute approximate surface area is 171 Å². The number of aliphatic imine (C=N–C) groups is 1. The van der Waals surface area contributed by atoms with Gasteiger partial charge in [0, 0.05) is 25.7 Å². The summed E-state index contributed by atoms with van der Waals surface area (Å²) < 4.78 is 24.4. The van der Waals surface area contributed by atoms with Gasteiger partial charge in [-0.05, 0) is 43.2 Å². The van der Waals surface area contributed by atoms with E-state index in [-0.39, 0.29) is 17.6 Å². The van der Waals surface area contributed by atoms with Gasteiger partial charge in [-0.3, -0.25) is 0 Å². The van der Waals surface area contributed by atoms with Crippen LogP contribution in [0.1, 0.15) is 18.9 Å². The van der Waals surface area contributed by atoms with Gasteiger partial charge < -0.3 is 25.0 Å². The summed E-state index contributed by atoms with van der Waals surface area (Å²) in [6, 6.07) is 13.3. The second-order valence-corrected chi connectivity index (χ2v) is 6.91. The Balaban J connectivity index is 1.63. The molecule has 156 valence electrons. The van der Waals surface area contributed by atoms with Crippen LogP contribution in [0.15, 0.2) is 47.5 Å². The highest BCUT2D eigenvalue weighted by Gasteiger charge is 2.25. The van der Waals surface area contributed by atoms with Crippen molar-refractivity contribution in [2.24, 2.45) is 4.99 Å². The third-order valence-corrected chi connectivity index (χ3v) is 4.94. The highest BCUT2D eigenvalue weighted by atomic mass is 19.1. The molecule has 0 bridgehead atoms. The van der Waals surface area contributed by atoms with Crippen LogP contribution in [0, 0.1) is 5.82 Å². The summed E-state index contributed by atoms with van der Waals surface area (Å²) in [5, 5.41) is 6.77. The lowest BCUT2D eigenvalue weighted by Crippen LogP contribution is -2.44. The van der Waals surface area contributed by atoms with Gasteiger partial charge >= 0.3 is 0 Å². The standard InChI is InChI=1S/C22H29FN4O2/c1-4-24-22(25-14-16-9-10-20(28-2)18(23)13-16)26-17-11-12-27(15-17)19-7-5-6-8-21(19)29-3/h5-10,13,17H,4,11-12,14-15H2,1-3H3,(H2,24,25,26). The number of nitrogens with zero attached hydrogens (tertiary/aromatic N) is 2. The van der Waals surface area contributed by atoms with Crippen molar-refractivity contribution in [3.8, 4) is 11.5 Å². The van der Waals surface area contributed by atoms with Gasteiger partial charge in [0.25, 0.3) is 0 Å². The molecule has 7 heteroatoms. The molecule has 0 radical (unpaired) electrons. The molecule has 0 spiro atoms. The highest BCUT2D eigenvalue weighted by molar-refractivity contribution is 5.80. The minimum Gasteiger partial charge on any atom is -0.495 e. The van der Waals surface area contributed by atoms with Crippen molar-refractivity contribution < 1.29 is 13.9 Å². The Morgan fingerprint density at radius 2 is 1.97 bits per heavy atom. The number of methoxy groups -OCH3 is 2. The Bertz CT molecular complexity index is 843. The van der Waals surface area contributed by atoms with E-state index in [0.29, 0.717) is 6.54 Å². The molecule has 1 unspecified atom stereocenters. The molecule has 1 aliphatic heterocycles. The first kappa shape index (κ1) is 20.8. The lowest BCUT2D eigenvalue weighted by molar-refractivity contribution is 0.386. The fourth-order valence-corrected chi connectivity index (χ4v) is 3.48. The first-order valence-corrected chi connectivity index (χ1v) is 9.89. The van der Waals surface area contributed by atoms with Crippen LogP contribution < -0.4 is 25.0 Å². The second kappa shape index (κ2) is 10.0. The van der Waals surface area contributed by atoms with Crippen molar-refractivity contribution in [2.75, 3.05) is 38.8 Å². The largest absolute Gasteiger partial charge is 0.495 e. The van der Waals surface area contributed by atoms with E-state index in [9.17, 15) is 4.39 Å². The molecule has 1 aliphatic rings. The fraction of sp³-hybridized carbons (Fsp3) is 0.409. The van der Waals surface area contributed by atoms with Crippen LogP contribution in [0.5, 0.6) is 11.5 Å². The number of rotatable bonds is 7. The van der Waals surface area contributed by atoms with Crippen LogP contribution in [0.3, 0.4) is 0 Å². The van der Waals surface area contributed by atoms with E-state index in [4.69, 9.17) is 9.47 Å². The normalized spacial score (nSPS) is 16.6. The van der Waals surface area contributed by atoms with Gasteiger partial charge in [0.2, 0.25) is 0 Å². The minimum absolute atomic E-state index is 0.241. The Morgan fingerprint density at radius 1 is 1.17 bits per heavy atom. The van der Waals surface area contributed by atoms with Crippen LogP contribution in [0.25, 0.3) is 0 Å². The average molecular weight is 400 g/mol. The van der Waals surface area contributed by atoms with Crippen molar-refractivity contribution in [1.82, 2.24) is 10.6 Å². The van der Waals surface area contributed by atoms with Crippen LogP contribution in [-0.4, -0.2) is 45.9 Å². The van der Waals surface area contributed by atoms with Crippen molar-refractivity contribution in [1.29, 1.82) is 0 Å². The zero-order valence-electron chi connectivity index (χ0n) is 17.2. The molecule has 3 rings (SSSR count). The lowest BCUT2D eigenvalue weighted by atomic mass is 10.2. The molecule has 1 saturated heterocycles. The van der Waals surface area contributed by atoms with Crippen LogP contribution in [0.2, 0.25) is 0 Å². The third-order valence-electron chi connectivity index (χ3n) is 4.94. The van der Waals surface area contributed by atoms with E-state index in [1.165, 1.54) is 13.2 Å². The van der Waals surface area contributed by atoms with E-state index in [0.717, 1.165) is 49.0 Å². The summed E-state index contributed by atoms with van der Waals surface area (Å²) in [7, 11) is 3.15. The van der Waals surface area contributed by atoms with E-state index in [1.54, 1.807) is 13.2 Å². The molecule has 2 N–H and O–H groups in total. The molecule has 1 atom stereocenters. The smallest absolute Gasteiger partial charge is 0.191 e. The van der Waals surface area contributed by atoms with Gasteiger partial charge in [0.15, 0.2) is 17.5 Å². The topological polar surface area (TPSA) is 58.1 Å². The van der Waals surface area contributed by atoms with Gasteiger partial charge in [-0.25, -0.2) is 9.38 Å². The number of halogens is 1. The number of ether oxygens (including phenoxy) is 2.